The van der Waals surface area contributed by atoms with Gasteiger partial charge < -0.3 is 14.2 Å². The molecule has 2 aromatic heterocycles. The van der Waals surface area contributed by atoms with E-state index in [1.54, 1.807) is 0 Å². The van der Waals surface area contributed by atoms with Crippen molar-refractivity contribution in [1.29, 1.82) is 0 Å². The average molecular weight is 327 g/mol. The van der Waals surface area contributed by atoms with Crippen LogP contribution < -0.4 is 0 Å². The van der Waals surface area contributed by atoms with E-state index in [0.29, 0.717) is 24.6 Å². The predicted molar refractivity (Wildman–Crippen MR) is 89.4 cm³/mol. The second-order valence-electron chi connectivity index (χ2n) is 6.78. The Morgan fingerprint density at radius 2 is 2.08 bits per heavy atom. The van der Waals surface area contributed by atoms with E-state index in [0.717, 1.165) is 16.5 Å². The van der Waals surface area contributed by atoms with Gasteiger partial charge in [-0.25, -0.2) is 0 Å². The first kappa shape index (κ1) is 16.2. The van der Waals surface area contributed by atoms with Crippen LogP contribution in [0.3, 0.4) is 0 Å². The summed E-state index contributed by atoms with van der Waals surface area (Å²) in [5.74, 6) is 0.642. The number of fused-ring (bicyclic) bond motifs is 1. The molecule has 1 aromatic carbocycles. The number of H-pyrrole nitrogens is 1. The average Bonchev–Trinajstić information content (AvgIpc) is 3.17. The maximum absolute atomic E-state index is 11.9. The zero-order chi connectivity index (χ0) is 17.2. The fourth-order valence-corrected chi connectivity index (χ4v) is 2.41. The monoisotopic (exact) mass is 327 g/mol. The zero-order valence-corrected chi connectivity index (χ0v) is 14.1. The standard InChI is InChI=1S/C18H21N3O3/c1-18(2,3)17-20-15(24-21-17)11-23-16(22)9-8-12-10-19-14-7-5-4-6-13(12)14/h4-7,10,19H,8-9,11H2,1-3H3. The molecule has 0 radical (unpaired) electrons. The molecule has 2 heterocycles. The van der Waals surface area contributed by atoms with Crippen LogP contribution in [0.15, 0.2) is 35.0 Å². The van der Waals surface area contributed by atoms with E-state index < -0.39 is 0 Å². The molecule has 6 heteroatoms. The Morgan fingerprint density at radius 1 is 1.29 bits per heavy atom. The second-order valence-corrected chi connectivity index (χ2v) is 6.78. The molecule has 0 unspecified atom stereocenters. The number of carbonyl (C=O) groups excluding carboxylic acids is 1. The Labute approximate surface area is 140 Å². The Kier molecular flexibility index (Phi) is 4.38. The number of ether oxygens (including phenoxy) is 1. The van der Waals surface area contributed by atoms with Gasteiger partial charge in [0.15, 0.2) is 12.4 Å². The van der Waals surface area contributed by atoms with E-state index >= 15 is 0 Å². The Bertz CT molecular complexity index is 842. The van der Waals surface area contributed by atoms with E-state index in [4.69, 9.17) is 9.26 Å². The quantitative estimate of drug-likeness (QED) is 0.725. The highest BCUT2D eigenvalue weighted by Gasteiger charge is 2.21. The molecule has 0 aliphatic heterocycles. The summed E-state index contributed by atoms with van der Waals surface area (Å²) >= 11 is 0. The molecule has 6 nitrogen and oxygen atoms in total. The lowest BCUT2D eigenvalue weighted by atomic mass is 9.96. The number of hydrogen-bond donors (Lipinski definition) is 1. The number of hydrogen-bond acceptors (Lipinski definition) is 5. The summed E-state index contributed by atoms with van der Waals surface area (Å²) in [7, 11) is 0. The molecular formula is C18H21N3O3. The maximum atomic E-state index is 11.9. The number of aromatic amines is 1. The first-order chi connectivity index (χ1) is 11.4. The topological polar surface area (TPSA) is 81.0 Å². The largest absolute Gasteiger partial charge is 0.456 e. The number of nitrogens with zero attached hydrogens (tertiary/aromatic N) is 2. The third kappa shape index (κ3) is 3.64. The Morgan fingerprint density at radius 3 is 2.83 bits per heavy atom. The number of benzene rings is 1. The summed E-state index contributed by atoms with van der Waals surface area (Å²) < 4.78 is 10.3. The minimum atomic E-state index is -0.282. The molecule has 0 aliphatic rings. The first-order valence-electron chi connectivity index (χ1n) is 7.97. The number of aromatic nitrogens is 3. The molecule has 126 valence electrons. The van der Waals surface area contributed by atoms with Gasteiger partial charge in [0.2, 0.25) is 0 Å². The minimum Gasteiger partial charge on any atom is -0.456 e. The van der Waals surface area contributed by atoms with Gasteiger partial charge in [-0.05, 0) is 18.1 Å². The van der Waals surface area contributed by atoms with Gasteiger partial charge in [0.25, 0.3) is 5.89 Å². The van der Waals surface area contributed by atoms with Gasteiger partial charge in [0.05, 0.1) is 0 Å². The SMILES string of the molecule is CC(C)(C)c1noc(COC(=O)CCc2c[nH]c3ccccc23)n1. The van der Waals surface area contributed by atoms with Gasteiger partial charge in [-0.3, -0.25) is 4.79 Å². The van der Waals surface area contributed by atoms with Crippen LogP contribution in [0, 0.1) is 0 Å². The van der Waals surface area contributed by atoms with E-state index in [1.807, 2.05) is 51.2 Å². The maximum Gasteiger partial charge on any atom is 0.306 e. The number of esters is 1. The van der Waals surface area contributed by atoms with Gasteiger partial charge in [-0.15, -0.1) is 0 Å². The smallest absolute Gasteiger partial charge is 0.306 e. The Hall–Kier alpha value is -2.63. The first-order valence-corrected chi connectivity index (χ1v) is 7.97. The van der Waals surface area contributed by atoms with Crippen molar-refractivity contribution in [3.05, 3.63) is 47.7 Å². The van der Waals surface area contributed by atoms with Crippen molar-refractivity contribution in [2.75, 3.05) is 0 Å². The van der Waals surface area contributed by atoms with Crippen molar-refractivity contribution < 1.29 is 14.1 Å². The van der Waals surface area contributed by atoms with Crippen LogP contribution in [0.4, 0.5) is 0 Å². The zero-order valence-electron chi connectivity index (χ0n) is 14.1. The summed E-state index contributed by atoms with van der Waals surface area (Å²) in [6.07, 6.45) is 2.87. The predicted octanol–water partition coefficient (Wildman–Crippen LogP) is 3.52. The van der Waals surface area contributed by atoms with Crippen molar-refractivity contribution in [3.63, 3.8) is 0 Å². The van der Waals surface area contributed by atoms with Crippen molar-refractivity contribution in [2.45, 2.75) is 45.6 Å². The van der Waals surface area contributed by atoms with Gasteiger partial charge in [0.1, 0.15) is 0 Å². The number of para-hydroxylation sites is 1. The highest BCUT2D eigenvalue weighted by atomic mass is 16.6. The van der Waals surface area contributed by atoms with Crippen molar-refractivity contribution in [1.82, 2.24) is 15.1 Å². The minimum absolute atomic E-state index is 0.00972. The van der Waals surface area contributed by atoms with Crippen LogP contribution in [0.1, 0.15) is 44.5 Å². The van der Waals surface area contributed by atoms with Crippen molar-refractivity contribution in [2.24, 2.45) is 0 Å². The molecule has 0 bridgehead atoms. The van der Waals surface area contributed by atoms with E-state index in [-0.39, 0.29) is 18.0 Å². The van der Waals surface area contributed by atoms with Gasteiger partial charge >= 0.3 is 5.97 Å². The number of aryl methyl sites for hydroxylation is 1. The molecule has 0 fully saturated rings. The molecule has 0 saturated heterocycles. The molecular weight excluding hydrogens is 306 g/mol. The molecule has 3 aromatic rings. The molecule has 0 saturated carbocycles. The summed E-state index contributed by atoms with van der Waals surface area (Å²) in [5, 5.41) is 5.04. The van der Waals surface area contributed by atoms with Crippen LogP contribution in [-0.2, 0) is 28.0 Å². The molecule has 0 spiro atoms. The van der Waals surface area contributed by atoms with Crippen molar-refractivity contribution >= 4 is 16.9 Å². The lowest BCUT2D eigenvalue weighted by Gasteiger charge is -2.10. The third-order valence-corrected chi connectivity index (χ3v) is 3.77. The third-order valence-electron chi connectivity index (χ3n) is 3.77. The summed E-state index contributed by atoms with van der Waals surface area (Å²) in [4.78, 5) is 19.4. The molecule has 0 atom stereocenters. The van der Waals surface area contributed by atoms with Crippen LogP contribution in [0.2, 0.25) is 0 Å². The van der Waals surface area contributed by atoms with E-state index in [2.05, 4.69) is 15.1 Å². The van der Waals surface area contributed by atoms with E-state index in [1.165, 1.54) is 0 Å². The molecule has 1 N–H and O–H groups in total. The van der Waals surface area contributed by atoms with E-state index in [9.17, 15) is 4.79 Å². The summed E-state index contributed by atoms with van der Waals surface area (Å²) in [6, 6.07) is 8.02. The molecule has 24 heavy (non-hydrogen) atoms. The van der Waals surface area contributed by atoms with Crippen LogP contribution >= 0.6 is 0 Å². The van der Waals surface area contributed by atoms with Crippen LogP contribution in [0.25, 0.3) is 10.9 Å². The lowest BCUT2D eigenvalue weighted by Crippen LogP contribution is -2.13. The highest BCUT2D eigenvalue weighted by Crippen LogP contribution is 2.20. The number of rotatable bonds is 5. The highest BCUT2D eigenvalue weighted by molar-refractivity contribution is 5.83. The van der Waals surface area contributed by atoms with Crippen LogP contribution in [-0.4, -0.2) is 21.1 Å². The van der Waals surface area contributed by atoms with Gasteiger partial charge in [-0.2, -0.15) is 4.98 Å². The fourth-order valence-electron chi connectivity index (χ4n) is 2.41. The van der Waals surface area contributed by atoms with Gasteiger partial charge in [0, 0.05) is 28.9 Å². The summed E-state index contributed by atoms with van der Waals surface area (Å²) in [6.45, 7) is 5.99. The van der Waals surface area contributed by atoms with Crippen molar-refractivity contribution in [3.8, 4) is 0 Å². The molecule has 0 amide bonds. The number of carbonyl (C=O) groups is 1. The van der Waals surface area contributed by atoms with Crippen LogP contribution in [0.5, 0.6) is 0 Å². The molecule has 0 aliphatic carbocycles. The lowest BCUT2D eigenvalue weighted by molar-refractivity contribution is -0.145. The second kappa shape index (κ2) is 6.47. The Balaban J connectivity index is 1.52. The van der Waals surface area contributed by atoms with Gasteiger partial charge in [-0.1, -0.05) is 44.1 Å². The normalized spacial score (nSPS) is 11.8. The summed E-state index contributed by atoms with van der Waals surface area (Å²) in [5.41, 5.74) is 1.98. The molecule has 3 rings (SSSR count). The number of nitrogens with one attached hydrogen (secondary N) is 1. The fraction of sp³-hybridized carbons (Fsp3) is 0.389.